The number of rotatable bonds is 4. The highest BCUT2D eigenvalue weighted by atomic mass is 35.5. The Balaban J connectivity index is 1.72. The predicted octanol–water partition coefficient (Wildman–Crippen LogP) is 4.62. The second kappa shape index (κ2) is 7.41. The quantitative estimate of drug-likeness (QED) is 0.804. The van der Waals surface area contributed by atoms with Crippen molar-refractivity contribution in [3.63, 3.8) is 0 Å². The van der Waals surface area contributed by atoms with Gasteiger partial charge in [-0.2, -0.15) is 0 Å². The lowest BCUT2D eigenvalue weighted by atomic mass is 9.90. The number of thioether (sulfide) groups is 1. The fourth-order valence-corrected chi connectivity index (χ4v) is 3.78. The molecular formula is C17H18ClNO3S. The number of imide groups is 1. The van der Waals surface area contributed by atoms with Gasteiger partial charge in [-0.3, -0.25) is 14.9 Å². The summed E-state index contributed by atoms with van der Waals surface area (Å²) < 4.78 is 5.89. The van der Waals surface area contributed by atoms with E-state index in [1.54, 1.807) is 12.1 Å². The average Bonchev–Trinajstić information content (AvgIpc) is 2.87. The van der Waals surface area contributed by atoms with Gasteiger partial charge in [-0.05, 0) is 48.2 Å². The number of hydrogen-bond donors (Lipinski definition) is 1. The first-order chi connectivity index (χ1) is 11.1. The zero-order valence-electron chi connectivity index (χ0n) is 12.6. The van der Waals surface area contributed by atoms with Gasteiger partial charge < -0.3 is 4.74 Å². The van der Waals surface area contributed by atoms with E-state index in [9.17, 15) is 9.59 Å². The molecule has 0 unspecified atom stereocenters. The highest BCUT2D eigenvalue weighted by Gasteiger charge is 2.25. The molecule has 1 aromatic carbocycles. The molecule has 0 radical (unpaired) electrons. The number of amides is 2. The van der Waals surface area contributed by atoms with Crippen LogP contribution in [0.5, 0.6) is 5.75 Å². The van der Waals surface area contributed by atoms with Crippen molar-refractivity contribution in [1.29, 1.82) is 0 Å². The standard InChI is InChI=1S/C17H18ClNO3S/c18-15-12(9-14-16(20)19-17(21)23-14)7-4-8-13(15)22-10-11-5-2-1-3-6-11/h4,7-9,11H,1-3,5-6,10H2,(H,19,20,21)/b14-9+. The maximum absolute atomic E-state index is 11.6. The Labute approximate surface area is 144 Å². The first-order valence-electron chi connectivity index (χ1n) is 7.79. The van der Waals surface area contributed by atoms with Gasteiger partial charge in [0.25, 0.3) is 11.1 Å². The van der Waals surface area contributed by atoms with E-state index in [1.807, 2.05) is 12.1 Å². The Morgan fingerprint density at radius 1 is 1.26 bits per heavy atom. The van der Waals surface area contributed by atoms with Crippen molar-refractivity contribution in [3.8, 4) is 5.75 Å². The molecule has 23 heavy (non-hydrogen) atoms. The third kappa shape index (κ3) is 4.09. The minimum Gasteiger partial charge on any atom is -0.492 e. The zero-order chi connectivity index (χ0) is 16.2. The summed E-state index contributed by atoms with van der Waals surface area (Å²) in [5, 5.41) is 2.35. The highest BCUT2D eigenvalue weighted by molar-refractivity contribution is 8.18. The SMILES string of the molecule is O=C1NC(=O)/C(=C\c2cccc(OCC3CCCCC3)c2Cl)S1. The van der Waals surface area contributed by atoms with Crippen molar-refractivity contribution in [1.82, 2.24) is 5.32 Å². The fraction of sp³-hybridized carbons (Fsp3) is 0.412. The maximum Gasteiger partial charge on any atom is 0.290 e. The molecule has 1 N–H and O–H groups in total. The second-order valence-electron chi connectivity index (χ2n) is 5.83. The molecule has 1 aliphatic heterocycles. The lowest BCUT2D eigenvalue weighted by Gasteiger charge is -2.22. The molecule has 0 atom stereocenters. The van der Waals surface area contributed by atoms with Crippen LogP contribution < -0.4 is 10.1 Å². The number of nitrogens with one attached hydrogen (secondary N) is 1. The molecular weight excluding hydrogens is 334 g/mol. The number of hydrogen-bond acceptors (Lipinski definition) is 4. The van der Waals surface area contributed by atoms with Crippen LogP contribution in [-0.2, 0) is 4.79 Å². The summed E-state index contributed by atoms with van der Waals surface area (Å²) in [4.78, 5) is 23.2. The van der Waals surface area contributed by atoms with Crippen LogP contribution >= 0.6 is 23.4 Å². The minimum absolute atomic E-state index is 0.348. The lowest BCUT2D eigenvalue weighted by Crippen LogP contribution is -2.17. The fourth-order valence-electron chi connectivity index (χ4n) is 2.87. The molecule has 122 valence electrons. The molecule has 0 spiro atoms. The normalized spacial score (nSPS) is 20.8. The molecule has 1 aliphatic carbocycles. The molecule has 2 aliphatic rings. The van der Waals surface area contributed by atoms with Crippen molar-refractivity contribution in [2.75, 3.05) is 6.61 Å². The Morgan fingerprint density at radius 2 is 2.04 bits per heavy atom. The molecule has 2 amide bonds. The van der Waals surface area contributed by atoms with Crippen LogP contribution in [0.1, 0.15) is 37.7 Å². The van der Waals surface area contributed by atoms with Gasteiger partial charge in [0.2, 0.25) is 0 Å². The first kappa shape index (κ1) is 16.4. The summed E-state index contributed by atoms with van der Waals surface area (Å²) in [6, 6.07) is 5.48. The van der Waals surface area contributed by atoms with E-state index in [0.717, 1.165) is 11.8 Å². The zero-order valence-corrected chi connectivity index (χ0v) is 14.2. The third-order valence-electron chi connectivity index (χ3n) is 4.12. The van der Waals surface area contributed by atoms with Gasteiger partial charge in [-0.25, -0.2) is 0 Å². The Bertz CT molecular complexity index is 653. The monoisotopic (exact) mass is 351 g/mol. The van der Waals surface area contributed by atoms with E-state index in [-0.39, 0.29) is 11.1 Å². The Hall–Kier alpha value is -1.46. The number of halogens is 1. The summed E-state index contributed by atoms with van der Waals surface area (Å²) in [6.07, 6.45) is 7.91. The van der Waals surface area contributed by atoms with Crippen LogP contribution in [0.15, 0.2) is 23.1 Å². The van der Waals surface area contributed by atoms with Gasteiger partial charge in [-0.15, -0.1) is 0 Å². The topological polar surface area (TPSA) is 55.4 Å². The summed E-state index contributed by atoms with van der Waals surface area (Å²) in [5.74, 6) is 0.835. The predicted molar refractivity (Wildman–Crippen MR) is 92.6 cm³/mol. The molecule has 6 heteroatoms. The molecule has 0 bridgehead atoms. The molecule has 2 fully saturated rings. The number of carbonyl (C=O) groups excluding carboxylic acids is 2. The van der Waals surface area contributed by atoms with Crippen LogP contribution in [0.3, 0.4) is 0 Å². The van der Waals surface area contributed by atoms with E-state index < -0.39 is 0 Å². The Morgan fingerprint density at radius 3 is 2.74 bits per heavy atom. The number of benzene rings is 1. The molecule has 1 aromatic rings. The van der Waals surface area contributed by atoms with Crippen molar-refractivity contribution < 1.29 is 14.3 Å². The van der Waals surface area contributed by atoms with E-state index >= 15 is 0 Å². The molecule has 1 heterocycles. The summed E-state index contributed by atoms with van der Waals surface area (Å²) >= 11 is 7.27. The van der Waals surface area contributed by atoms with Crippen LogP contribution in [0, 0.1) is 5.92 Å². The largest absolute Gasteiger partial charge is 0.492 e. The molecule has 3 rings (SSSR count). The molecule has 1 saturated carbocycles. The minimum atomic E-state index is -0.385. The van der Waals surface area contributed by atoms with Gasteiger partial charge in [-0.1, -0.05) is 43.0 Å². The second-order valence-corrected chi connectivity index (χ2v) is 7.22. The van der Waals surface area contributed by atoms with Gasteiger partial charge in [0.1, 0.15) is 5.75 Å². The van der Waals surface area contributed by atoms with E-state index in [2.05, 4.69) is 5.32 Å². The van der Waals surface area contributed by atoms with Crippen molar-refractivity contribution in [3.05, 3.63) is 33.7 Å². The summed E-state index contributed by atoms with van der Waals surface area (Å²) in [6.45, 7) is 0.674. The van der Waals surface area contributed by atoms with Crippen LogP contribution in [0.2, 0.25) is 5.02 Å². The van der Waals surface area contributed by atoms with E-state index in [1.165, 1.54) is 32.1 Å². The van der Waals surface area contributed by atoms with Crippen LogP contribution in [-0.4, -0.2) is 17.8 Å². The van der Waals surface area contributed by atoms with Gasteiger partial charge in [0.05, 0.1) is 16.5 Å². The summed E-state index contributed by atoms with van der Waals surface area (Å²) in [7, 11) is 0. The number of carbonyl (C=O) groups is 2. The van der Waals surface area contributed by atoms with Crippen molar-refractivity contribution >= 4 is 40.6 Å². The average molecular weight is 352 g/mol. The first-order valence-corrected chi connectivity index (χ1v) is 8.99. The molecule has 4 nitrogen and oxygen atoms in total. The molecule has 0 aromatic heterocycles. The van der Waals surface area contributed by atoms with Gasteiger partial charge in [0.15, 0.2) is 0 Å². The summed E-state index contributed by atoms with van der Waals surface area (Å²) in [5.41, 5.74) is 0.681. The van der Waals surface area contributed by atoms with Gasteiger partial charge >= 0.3 is 0 Å². The van der Waals surface area contributed by atoms with E-state index in [0.29, 0.717) is 33.8 Å². The van der Waals surface area contributed by atoms with Crippen molar-refractivity contribution in [2.45, 2.75) is 32.1 Å². The smallest absolute Gasteiger partial charge is 0.290 e. The highest BCUT2D eigenvalue weighted by Crippen LogP contribution is 2.34. The van der Waals surface area contributed by atoms with E-state index in [4.69, 9.17) is 16.3 Å². The third-order valence-corrected chi connectivity index (χ3v) is 5.34. The van der Waals surface area contributed by atoms with Gasteiger partial charge in [0, 0.05) is 0 Å². The number of ether oxygens (including phenoxy) is 1. The lowest BCUT2D eigenvalue weighted by molar-refractivity contribution is -0.115. The molecule has 1 saturated heterocycles. The maximum atomic E-state index is 11.6. The van der Waals surface area contributed by atoms with Crippen LogP contribution in [0.4, 0.5) is 4.79 Å². The Kier molecular flexibility index (Phi) is 5.28. The van der Waals surface area contributed by atoms with Crippen LogP contribution in [0.25, 0.3) is 6.08 Å². The van der Waals surface area contributed by atoms with Crippen molar-refractivity contribution in [2.24, 2.45) is 5.92 Å².